The van der Waals surface area contributed by atoms with Crippen molar-refractivity contribution in [3.63, 3.8) is 0 Å². The number of rotatable bonds is 7. The highest BCUT2D eigenvalue weighted by Gasteiger charge is 2.17. The molecule has 3 N–H and O–H groups in total. The molecule has 0 spiro atoms. The quantitative estimate of drug-likeness (QED) is 0.390. The molecule has 8 heteroatoms. The largest absolute Gasteiger partial charge is 0.497 e. The summed E-state index contributed by atoms with van der Waals surface area (Å²) in [6.07, 6.45) is 2.63. The zero-order chi connectivity index (χ0) is 22.7. The van der Waals surface area contributed by atoms with Gasteiger partial charge >= 0.3 is 5.69 Å². The summed E-state index contributed by atoms with van der Waals surface area (Å²) in [5.74, 6) is 0.286. The molecule has 0 aliphatic rings. The number of aromatic nitrogens is 3. The zero-order valence-corrected chi connectivity index (χ0v) is 17.9. The van der Waals surface area contributed by atoms with Crippen molar-refractivity contribution >= 4 is 16.6 Å². The van der Waals surface area contributed by atoms with Crippen LogP contribution in [0.1, 0.15) is 23.6 Å². The maximum Gasteiger partial charge on any atom is 0.331 e. The van der Waals surface area contributed by atoms with E-state index < -0.39 is 17.1 Å². The number of aromatic hydroxyl groups is 1. The normalized spacial score (nSPS) is 11.8. The summed E-state index contributed by atoms with van der Waals surface area (Å²) in [7, 11) is 1.57. The predicted octanol–water partition coefficient (Wildman–Crippen LogP) is 2.83. The van der Waals surface area contributed by atoms with Gasteiger partial charge in [-0.05, 0) is 42.7 Å². The molecule has 32 heavy (non-hydrogen) atoms. The van der Waals surface area contributed by atoms with Crippen LogP contribution < -0.4 is 16.0 Å². The fourth-order valence-electron chi connectivity index (χ4n) is 3.71. The second-order valence-electron chi connectivity index (χ2n) is 7.47. The zero-order valence-electron chi connectivity index (χ0n) is 17.9. The van der Waals surface area contributed by atoms with Gasteiger partial charge in [0.25, 0.3) is 5.56 Å². The minimum atomic E-state index is -0.682. The number of fused-ring (bicyclic) bond motifs is 1. The predicted molar refractivity (Wildman–Crippen MR) is 124 cm³/mol. The van der Waals surface area contributed by atoms with Gasteiger partial charge in [-0.15, -0.1) is 0 Å². The van der Waals surface area contributed by atoms with Crippen molar-refractivity contribution in [2.45, 2.75) is 19.9 Å². The van der Waals surface area contributed by atoms with E-state index in [2.05, 4.69) is 15.0 Å². The number of aromatic amines is 2. The van der Waals surface area contributed by atoms with Gasteiger partial charge in [-0.25, -0.2) is 4.79 Å². The number of ether oxygens (including phenoxy) is 1. The van der Waals surface area contributed by atoms with Gasteiger partial charge < -0.3 is 14.8 Å². The van der Waals surface area contributed by atoms with E-state index >= 15 is 0 Å². The van der Waals surface area contributed by atoms with Gasteiger partial charge in [0.1, 0.15) is 11.3 Å². The van der Waals surface area contributed by atoms with Crippen LogP contribution in [0.5, 0.6) is 11.6 Å². The number of para-hydroxylation sites is 1. The van der Waals surface area contributed by atoms with Crippen LogP contribution in [-0.2, 0) is 13.0 Å². The Labute approximate surface area is 183 Å². The minimum Gasteiger partial charge on any atom is -0.497 e. The Bertz CT molecular complexity index is 1390. The van der Waals surface area contributed by atoms with E-state index in [1.165, 1.54) is 0 Å². The number of benzene rings is 2. The Morgan fingerprint density at radius 2 is 1.88 bits per heavy atom. The standard InChI is InChI=1S/C24H24N4O4/c1-15(25-12-11-17-13-26-20-6-4-3-5-19(17)20)21-22(29)27-24(31)28(23(21)30)14-16-7-9-18(32-2)10-8-16/h3-10,13,26,30H,11-12,14H2,1-2H3,(H,27,29,31). The molecule has 0 saturated carbocycles. The molecule has 0 aliphatic carbocycles. The number of H-pyrrole nitrogens is 2. The highest BCUT2D eigenvalue weighted by Crippen LogP contribution is 2.19. The van der Waals surface area contributed by atoms with E-state index in [0.717, 1.165) is 26.6 Å². The number of hydrogen-bond acceptors (Lipinski definition) is 5. The number of aliphatic imine (C=N–C) groups is 1. The first kappa shape index (κ1) is 21.2. The Kier molecular flexibility index (Phi) is 5.93. The van der Waals surface area contributed by atoms with Crippen molar-refractivity contribution in [3.8, 4) is 11.6 Å². The summed E-state index contributed by atoms with van der Waals surface area (Å²) in [5.41, 5.74) is 1.98. The summed E-state index contributed by atoms with van der Waals surface area (Å²) in [4.78, 5) is 34.8. The molecule has 0 bridgehead atoms. The molecule has 0 radical (unpaired) electrons. The lowest BCUT2D eigenvalue weighted by atomic mass is 10.1. The van der Waals surface area contributed by atoms with Gasteiger partial charge in [0.2, 0.25) is 5.88 Å². The van der Waals surface area contributed by atoms with Crippen molar-refractivity contribution in [3.05, 3.63) is 92.3 Å². The molecule has 0 saturated heterocycles. The van der Waals surface area contributed by atoms with Gasteiger partial charge in [-0.1, -0.05) is 30.3 Å². The molecule has 0 unspecified atom stereocenters. The fourth-order valence-corrected chi connectivity index (χ4v) is 3.71. The molecule has 0 fully saturated rings. The number of hydrogen-bond donors (Lipinski definition) is 3. The summed E-state index contributed by atoms with van der Waals surface area (Å²) in [6.45, 7) is 2.19. The first-order chi connectivity index (χ1) is 15.5. The lowest BCUT2D eigenvalue weighted by Crippen LogP contribution is -2.34. The van der Waals surface area contributed by atoms with E-state index in [0.29, 0.717) is 24.4 Å². The fraction of sp³-hybridized carbons (Fsp3) is 0.208. The average Bonchev–Trinajstić information content (AvgIpc) is 3.20. The van der Waals surface area contributed by atoms with Crippen LogP contribution in [0.3, 0.4) is 0 Å². The smallest absolute Gasteiger partial charge is 0.331 e. The maximum absolute atomic E-state index is 12.4. The van der Waals surface area contributed by atoms with E-state index in [-0.39, 0.29) is 12.1 Å². The van der Waals surface area contributed by atoms with Crippen LogP contribution in [0.25, 0.3) is 10.9 Å². The summed E-state index contributed by atoms with van der Waals surface area (Å²) >= 11 is 0. The molecule has 2 aromatic heterocycles. The van der Waals surface area contributed by atoms with Gasteiger partial charge in [0, 0.05) is 29.4 Å². The molecule has 0 aliphatic heterocycles. The number of methoxy groups -OCH3 is 1. The first-order valence-corrected chi connectivity index (χ1v) is 10.2. The van der Waals surface area contributed by atoms with Crippen LogP contribution in [0.4, 0.5) is 0 Å². The van der Waals surface area contributed by atoms with Gasteiger partial charge in [-0.2, -0.15) is 0 Å². The van der Waals surface area contributed by atoms with Crippen LogP contribution in [-0.4, -0.2) is 39.0 Å². The third kappa shape index (κ3) is 4.20. The average molecular weight is 432 g/mol. The van der Waals surface area contributed by atoms with Crippen molar-refractivity contribution in [2.75, 3.05) is 13.7 Å². The Morgan fingerprint density at radius 3 is 2.62 bits per heavy atom. The topological polar surface area (TPSA) is 112 Å². The van der Waals surface area contributed by atoms with Crippen molar-refractivity contribution in [2.24, 2.45) is 4.99 Å². The van der Waals surface area contributed by atoms with Crippen LogP contribution >= 0.6 is 0 Å². The summed E-state index contributed by atoms with van der Waals surface area (Å²) < 4.78 is 6.26. The second kappa shape index (κ2) is 8.97. The van der Waals surface area contributed by atoms with E-state index in [1.807, 2.05) is 30.5 Å². The molecular weight excluding hydrogens is 408 g/mol. The van der Waals surface area contributed by atoms with Crippen LogP contribution in [0.15, 0.2) is 69.3 Å². The van der Waals surface area contributed by atoms with Crippen molar-refractivity contribution in [1.29, 1.82) is 0 Å². The molecule has 4 aromatic rings. The number of nitrogens with one attached hydrogen (secondary N) is 2. The highest BCUT2D eigenvalue weighted by atomic mass is 16.5. The molecule has 4 rings (SSSR count). The molecule has 0 amide bonds. The monoisotopic (exact) mass is 432 g/mol. The van der Waals surface area contributed by atoms with Crippen molar-refractivity contribution < 1.29 is 9.84 Å². The summed E-state index contributed by atoms with van der Waals surface area (Å²) in [6, 6.07) is 15.1. The Hall–Kier alpha value is -4.07. The van der Waals surface area contributed by atoms with E-state index in [1.54, 1.807) is 38.3 Å². The molecule has 2 heterocycles. The lowest BCUT2D eigenvalue weighted by molar-refractivity contribution is 0.407. The third-order valence-corrected chi connectivity index (χ3v) is 5.44. The van der Waals surface area contributed by atoms with Gasteiger partial charge in [0.15, 0.2) is 0 Å². The maximum atomic E-state index is 12.4. The Balaban J connectivity index is 1.58. The van der Waals surface area contributed by atoms with Crippen LogP contribution in [0, 0.1) is 0 Å². The molecular formula is C24H24N4O4. The van der Waals surface area contributed by atoms with E-state index in [4.69, 9.17) is 4.74 Å². The number of nitrogens with zero attached hydrogens (tertiary/aromatic N) is 2. The first-order valence-electron chi connectivity index (χ1n) is 10.2. The second-order valence-corrected chi connectivity index (χ2v) is 7.47. The minimum absolute atomic E-state index is 0.00274. The van der Waals surface area contributed by atoms with Crippen molar-refractivity contribution in [1.82, 2.24) is 14.5 Å². The molecule has 0 atom stereocenters. The lowest BCUT2D eigenvalue weighted by Gasteiger charge is -2.12. The van der Waals surface area contributed by atoms with Gasteiger partial charge in [0.05, 0.1) is 13.7 Å². The summed E-state index contributed by atoms with van der Waals surface area (Å²) in [5, 5.41) is 11.9. The molecule has 2 aromatic carbocycles. The molecule has 8 nitrogen and oxygen atoms in total. The van der Waals surface area contributed by atoms with Gasteiger partial charge in [-0.3, -0.25) is 19.3 Å². The third-order valence-electron chi connectivity index (χ3n) is 5.44. The Morgan fingerprint density at radius 1 is 1.12 bits per heavy atom. The SMILES string of the molecule is COc1ccc(Cn2c(O)c(C(C)=NCCc3c[nH]c4ccccc34)c(=O)[nH]c2=O)cc1. The van der Waals surface area contributed by atoms with Crippen LogP contribution in [0.2, 0.25) is 0 Å². The highest BCUT2D eigenvalue weighted by molar-refractivity contribution is 6.00. The molecule has 164 valence electrons. The van der Waals surface area contributed by atoms with E-state index in [9.17, 15) is 14.7 Å².